The Hall–Kier alpha value is -3.40. The van der Waals surface area contributed by atoms with Gasteiger partial charge in [0.25, 0.3) is 5.91 Å². The molecule has 1 heterocycles. The van der Waals surface area contributed by atoms with E-state index in [0.717, 1.165) is 22.4 Å². The number of nitrogens with one attached hydrogen (secondary N) is 1. The molecule has 0 spiro atoms. The van der Waals surface area contributed by atoms with E-state index in [1.807, 2.05) is 49.4 Å². The highest BCUT2D eigenvalue weighted by molar-refractivity contribution is 5.95. The summed E-state index contributed by atoms with van der Waals surface area (Å²) in [4.78, 5) is 17.5. The Labute approximate surface area is 177 Å². The Morgan fingerprint density at radius 1 is 0.967 bits per heavy atom. The highest BCUT2D eigenvalue weighted by atomic mass is 16.1. The van der Waals surface area contributed by atoms with Crippen LogP contribution in [0.3, 0.4) is 0 Å². The molecule has 0 saturated carbocycles. The Morgan fingerprint density at radius 3 is 2.40 bits per heavy atom. The SMILES string of the molecule is Cc1ccccc1C(=O)NCc1nc2ccccc2n1Cc1ccc(C(C)C)cc1. The molecule has 1 aromatic heterocycles. The molecule has 0 fully saturated rings. The molecule has 4 rings (SSSR count). The van der Waals surface area contributed by atoms with Crippen LogP contribution in [0.4, 0.5) is 0 Å². The van der Waals surface area contributed by atoms with Crippen molar-refractivity contribution < 1.29 is 4.79 Å². The summed E-state index contributed by atoms with van der Waals surface area (Å²) in [6.45, 7) is 7.45. The first kappa shape index (κ1) is 19.9. The number of amides is 1. The van der Waals surface area contributed by atoms with Crippen LogP contribution in [0.15, 0.2) is 72.8 Å². The Morgan fingerprint density at radius 2 is 1.67 bits per heavy atom. The van der Waals surface area contributed by atoms with Crippen molar-refractivity contribution in [3.05, 3.63) is 101 Å². The minimum atomic E-state index is -0.0759. The van der Waals surface area contributed by atoms with Gasteiger partial charge in [-0.05, 0) is 47.7 Å². The van der Waals surface area contributed by atoms with E-state index in [4.69, 9.17) is 4.98 Å². The molecule has 0 aliphatic rings. The number of aryl methyl sites for hydroxylation is 1. The molecule has 152 valence electrons. The molecule has 0 radical (unpaired) electrons. The van der Waals surface area contributed by atoms with E-state index in [-0.39, 0.29) is 5.91 Å². The van der Waals surface area contributed by atoms with Crippen molar-refractivity contribution in [3.63, 3.8) is 0 Å². The quantitative estimate of drug-likeness (QED) is 0.470. The van der Waals surface area contributed by atoms with E-state index in [9.17, 15) is 4.79 Å². The number of aromatic nitrogens is 2. The number of imidazole rings is 1. The van der Waals surface area contributed by atoms with E-state index >= 15 is 0 Å². The third kappa shape index (κ3) is 4.13. The molecule has 0 aliphatic heterocycles. The van der Waals surface area contributed by atoms with Crippen LogP contribution >= 0.6 is 0 Å². The number of hydrogen-bond acceptors (Lipinski definition) is 2. The van der Waals surface area contributed by atoms with E-state index in [2.05, 4.69) is 54.1 Å². The maximum absolute atomic E-state index is 12.7. The van der Waals surface area contributed by atoms with Gasteiger partial charge in [0.2, 0.25) is 0 Å². The van der Waals surface area contributed by atoms with Gasteiger partial charge in [-0.1, -0.05) is 68.4 Å². The van der Waals surface area contributed by atoms with Gasteiger partial charge in [0, 0.05) is 12.1 Å². The van der Waals surface area contributed by atoms with Crippen molar-refractivity contribution in [2.24, 2.45) is 0 Å². The minimum absolute atomic E-state index is 0.0759. The summed E-state index contributed by atoms with van der Waals surface area (Å²) in [5, 5.41) is 3.04. The van der Waals surface area contributed by atoms with Crippen LogP contribution in [-0.4, -0.2) is 15.5 Å². The molecule has 4 aromatic rings. The fraction of sp³-hybridized carbons (Fsp3) is 0.231. The summed E-state index contributed by atoms with van der Waals surface area (Å²) in [5.41, 5.74) is 6.23. The fourth-order valence-electron chi connectivity index (χ4n) is 3.71. The van der Waals surface area contributed by atoms with Crippen LogP contribution in [0.2, 0.25) is 0 Å². The largest absolute Gasteiger partial charge is 0.345 e. The molecule has 0 atom stereocenters. The second kappa shape index (κ2) is 8.54. The second-order valence-corrected chi connectivity index (χ2v) is 8.00. The van der Waals surface area contributed by atoms with Crippen LogP contribution in [-0.2, 0) is 13.1 Å². The third-order valence-electron chi connectivity index (χ3n) is 5.52. The summed E-state index contributed by atoms with van der Waals surface area (Å²) in [7, 11) is 0. The van der Waals surface area contributed by atoms with Crippen LogP contribution < -0.4 is 5.32 Å². The predicted octanol–water partition coefficient (Wildman–Crippen LogP) is 5.45. The lowest BCUT2D eigenvalue weighted by atomic mass is 10.0. The monoisotopic (exact) mass is 397 g/mol. The summed E-state index contributed by atoms with van der Waals surface area (Å²) in [5.74, 6) is 1.29. The number of benzene rings is 3. The fourth-order valence-corrected chi connectivity index (χ4v) is 3.71. The van der Waals surface area contributed by atoms with Crippen LogP contribution in [0.1, 0.15) is 52.6 Å². The molecular weight excluding hydrogens is 370 g/mol. The van der Waals surface area contributed by atoms with Crippen molar-refractivity contribution in [2.75, 3.05) is 0 Å². The van der Waals surface area contributed by atoms with E-state index in [1.54, 1.807) is 0 Å². The van der Waals surface area contributed by atoms with Gasteiger partial charge < -0.3 is 9.88 Å². The molecule has 0 aliphatic carbocycles. The maximum atomic E-state index is 12.7. The van der Waals surface area contributed by atoms with E-state index in [1.165, 1.54) is 11.1 Å². The molecule has 30 heavy (non-hydrogen) atoms. The average molecular weight is 398 g/mol. The van der Waals surface area contributed by atoms with Gasteiger partial charge in [-0.2, -0.15) is 0 Å². The van der Waals surface area contributed by atoms with Crippen molar-refractivity contribution in [1.29, 1.82) is 0 Å². The van der Waals surface area contributed by atoms with Gasteiger partial charge in [0.15, 0.2) is 0 Å². The molecule has 0 bridgehead atoms. The lowest BCUT2D eigenvalue weighted by Gasteiger charge is -2.12. The molecule has 4 nitrogen and oxygen atoms in total. The zero-order valence-electron chi connectivity index (χ0n) is 17.7. The first-order valence-electron chi connectivity index (χ1n) is 10.4. The molecule has 0 saturated heterocycles. The van der Waals surface area contributed by atoms with E-state index in [0.29, 0.717) is 24.6 Å². The Balaban J connectivity index is 1.60. The molecule has 4 heteroatoms. The topological polar surface area (TPSA) is 46.9 Å². The third-order valence-corrected chi connectivity index (χ3v) is 5.52. The predicted molar refractivity (Wildman–Crippen MR) is 122 cm³/mol. The maximum Gasteiger partial charge on any atom is 0.251 e. The smallest absolute Gasteiger partial charge is 0.251 e. The van der Waals surface area contributed by atoms with Gasteiger partial charge in [0.1, 0.15) is 5.82 Å². The lowest BCUT2D eigenvalue weighted by molar-refractivity contribution is 0.0949. The number of carbonyl (C=O) groups is 1. The second-order valence-electron chi connectivity index (χ2n) is 8.00. The van der Waals surface area contributed by atoms with Gasteiger partial charge in [0.05, 0.1) is 17.6 Å². The number of para-hydroxylation sites is 2. The van der Waals surface area contributed by atoms with E-state index < -0.39 is 0 Å². The molecule has 1 amide bonds. The van der Waals surface area contributed by atoms with Gasteiger partial charge in [-0.25, -0.2) is 4.98 Å². The Kier molecular flexibility index (Phi) is 5.66. The minimum Gasteiger partial charge on any atom is -0.345 e. The molecule has 3 aromatic carbocycles. The molecular formula is C26H27N3O. The molecule has 0 unspecified atom stereocenters. The number of rotatable bonds is 6. The van der Waals surface area contributed by atoms with Crippen molar-refractivity contribution in [3.8, 4) is 0 Å². The summed E-state index contributed by atoms with van der Waals surface area (Å²) < 4.78 is 2.19. The average Bonchev–Trinajstić information content (AvgIpc) is 3.10. The van der Waals surface area contributed by atoms with Gasteiger partial charge >= 0.3 is 0 Å². The highest BCUT2D eigenvalue weighted by Gasteiger charge is 2.14. The normalized spacial score (nSPS) is 11.2. The van der Waals surface area contributed by atoms with Crippen molar-refractivity contribution in [1.82, 2.24) is 14.9 Å². The number of nitrogens with zero attached hydrogens (tertiary/aromatic N) is 2. The summed E-state index contributed by atoms with van der Waals surface area (Å²) in [6, 6.07) is 24.5. The van der Waals surface area contributed by atoms with Crippen LogP contribution in [0, 0.1) is 6.92 Å². The van der Waals surface area contributed by atoms with Crippen molar-refractivity contribution in [2.45, 2.75) is 39.8 Å². The van der Waals surface area contributed by atoms with Crippen LogP contribution in [0.25, 0.3) is 11.0 Å². The highest BCUT2D eigenvalue weighted by Crippen LogP contribution is 2.20. The Bertz CT molecular complexity index is 1170. The number of fused-ring (bicyclic) bond motifs is 1. The number of hydrogen-bond donors (Lipinski definition) is 1. The number of carbonyl (C=O) groups excluding carboxylic acids is 1. The first-order chi connectivity index (χ1) is 14.5. The lowest BCUT2D eigenvalue weighted by Crippen LogP contribution is -2.25. The van der Waals surface area contributed by atoms with Gasteiger partial charge in [-0.3, -0.25) is 4.79 Å². The van der Waals surface area contributed by atoms with Gasteiger partial charge in [-0.15, -0.1) is 0 Å². The van der Waals surface area contributed by atoms with Crippen molar-refractivity contribution >= 4 is 16.9 Å². The first-order valence-corrected chi connectivity index (χ1v) is 10.4. The zero-order valence-corrected chi connectivity index (χ0v) is 17.7. The molecule has 1 N–H and O–H groups in total. The standard InChI is InChI=1S/C26H27N3O/c1-18(2)21-14-12-20(13-15-21)17-29-24-11-7-6-10-23(24)28-25(29)16-27-26(30)22-9-5-4-8-19(22)3/h4-15,18H,16-17H2,1-3H3,(H,27,30). The summed E-state index contributed by atoms with van der Waals surface area (Å²) in [6.07, 6.45) is 0. The van der Waals surface area contributed by atoms with Crippen LogP contribution in [0.5, 0.6) is 0 Å². The zero-order chi connectivity index (χ0) is 21.1. The summed E-state index contributed by atoms with van der Waals surface area (Å²) >= 11 is 0.